The van der Waals surface area contributed by atoms with Crippen LogP contribution in [0.1, 0.15) is 6.42 Å². The van der Waals surface area contributed by atoms with Crippen molar-refractivity contribution in [3.63, 3.8) is 0 Å². The van der Waals surface area contributed by atoms with Gasteiger partial charge in [-0.15, -0.1) is 0 Å². The lowest BCUT2D eigenvalue weighted by molar-refractivity contribution is 0.0924. The van der Waals surface area contributed by atoms with Gasteiger partial charge in [-0.3, -0.25) is 0 Å². The van der Waals surface area contributed by atoms with Crippen molar-refractivity contribution < 1.29 is 10.2 Å². The van der Waals surface area contributed by atoms with E-state index < -0.39 is 6.10 Å². The van der Waals surface area contributed by atoms with E-state index in [4.69, 9.17) is 10.2 Å². The average Bonchev–Trinajstić information content (AvgIpc) is 1.68. The van der Waals surface area contributed by atoms with Crippen LogP contribution in [0.25, 0.3) is 0 Å². The van der Waals surface area contributed by atoms with Gasteiger partial charge in [-0.25, -0.2) is 0 Å². The summed E-state index contributed by atoms with van der Waals surface area (Å²) in [4.78, 5) is 0. The third-order valence-electron chi connectivity index (χ3n) is 0.833. The highest BCUT2D eigenvalue weighted by Gasteiger charge is 1.95. The minimum atomic E-state index is -0.495. The van der Waals surface area contributed by atoms with E-state index in [0.29, 0.717) is 6.42 Å². The molecular weight excluding hydrogens is 90.9 g/mol. The molecule has 42 valence electrons. The van der Waals surface area contributed by atoms with Crippen molar-refractivity contribution in [1.29, 1.82) is 0 Å². The Kier molecular flexibility index (Phi) is 4.14. The van der Waals surface area contributed by atoms with Gasteiger partial charge in [-0.1, -0.05) is 6.32 Å². The van der Waals surface area contributed by atoms with Crippen LogP contribution in [0, 0.1) is 0 Å². The minimum Gasteiger partial charge on any atom is -0.394 e. The lowest BCUT2D eigenvalue weighted by Gasteiger charge is -2.01. The summed E-state index contributed by atoms with van der Waals surface area (Å²) >= 11 is 0. The summed E-state index contributed by atoms with van der Waals surface area (Å²) in [5.74, 6) is 0. The first kappa shape index (κ1) is 6.98. The van der Waals surface area contributed by atoms with Gasteiger partial charge in [-0.05, 0) is 6.42 Å². The van der Waals surface area contributed by atoms with E-state index in [-0.39, 0.29) is 6.61 Å². The molecule has 0 saturated heterocycles. The van der Waals surface area contributed by atoms with E-state index in [9.17, 15) is 0 Å². The second-order valence-corrected chi connectivity index (χ2v) is 1.63. The van der Waals surface area contributed by atoms with E-state index in [1.807, 2.05) is 7.85 Å². The van der Waals surface area contributed by atoms with Crippen molar-refractivity contribution in [3.8, 4) is 0 Å². The van der Waals surface area contributed by atoms with Gasteiger partial charge in [0, 0.05) is 0 Å². The Bertz CT molecular complexity index is 40.7. The number of aliphatic hydroxyl groups excluding tert-OH is 2. The van der Waals surface area contributed by atoms with Crippen LogP contribution in [0.4, 0.5) is 0 Å². The Morgan fingerprint density at radius 3 is 2.29 bits per heavy atom. The standard InChI is InChI=1S/C4H11BO2/c5-2-1-4(7)3-6/h4,6-7H,1-3,5H2. The zero-order chi connectivity index (χ0) is 5.70. The Labute approximate surface area is 44.6 Å². The highest BCUT2D eigenvalue weighted by atomic mass is 16.3. The molecule has 0 fully saturated rings. The van der Waals surface area contributed by atoms with Gasteiger partial charge >= 0.3 is 0 Å². The van der Waals surface area contributed by atoms with Crippen LogP contribution in [0.5, 0.6) is 0 Å². The zero-order valence-corrected chi connectivity index (χ0v) is 4.59. The van der Waals surface area contributed by atoms with Crippen molar-refractivity contribution in [3.05, 3.63) is 0 Å². The molecule has 2 nitrogen and oxygen atoms in total. The van der Waals surface area contributed by atoms with Gasteiger partial charge in [0.2, 0.25) is 0 Å². The minimum absolute atomic E-state index is 0.103. The summed E-state index contributed by atoms with van der Waals surface area (Å²) in [5.41, 5.74) is 0. The Morgan fingerprint density at radius 1 is 1.57 bits per heavy atom. The smallest absolute Gasteiger partial charge is 0.101 e. The van der Waals surface area contributed by atoms with Crippen molar-refractivity contribution in [2.24, 2.45) is 0 Å². The van der Waals surface area contributed by atoms with Crippen LogP contribution >= 0.6 is 0 Å². The quantitative estimate of drug-likeness (QED) is 0.438. The maximum atomic E-state index is 8.61. The molecule has 0 aromatic carbocycles. The van der Waals surface area contributed by atoms with Gasteiger partial charge in [-0.2, -0.15) is 0 Å². The summed E-state index contributed by atoms with van der Waals surface area (Å²) in [6.07, 6.45) is 1.14. The topological polar surface area (TPSA) is 40.5 Å². The maximum absolute atomic E-state index is 8.61. The molecule has 7 heavy (non-hydrogen) atoms. The number of hydrogen-bond acceptors (Lipinski definition) is 2. The SMILES string of the molecule is BCCC(O)CO. The average molecular weight is 102 g/mol. The second-order valence-electron chi connectivity index (χ2n) is 1.63. The van der Waals surface area contributed by atoms with Gasteiger partial charge in [0.05, 0.1) is 12.7 Å². The molecule has 0 aliphatic carbocycles. The molecule has 0 aliphatic heterocycles. The molecular formula is C4H11BO2. The molecule has 0 aromatic heterocycles. The first-order chi connectivity index (χ1) is 3.31. The summed E-state index contributed by atoms with van der Waals surface area (Å²) in [7, 11) is 1.97. The lowest BCUT2D eigenvalue weighted by atomic mass is 9.99. The molecule has 0 saturated carbocycles. The molecule has 0 rings (SSSR count). The molecule has 0 bridgehead atoms. The first-order valence-corrected chi connectivity index (χ1v) is 2.60. The molecule has 0 aliphatic rings. The van der Waals surface area contributed by atoms with Gasteiger partial charge in [0.25, 0.3) is 0 Å². The lowest BCUT2D eigenvalue weighted by Crippen LogP contribution is -2.10. The molecule has 3 heteroatoms. The Hall–Kier alpha value is -0.0151. The number of aliphatic hydroxyl groups is 2. The third-order valence-corrected chi connectivity index (χ3v) is 0.833. The second kappa shape index (κ2) is 4.15. The summed E-state index contributed by atoms with van der Waals surface area (Å²) in [6, 6.07) is 0. The molecule has 0 radical (unpaired) electrons. The monoisotopic (exact) mass is 102 g/mol. The fourth-order valence-corrected chi connectivity index (χ4v) is 0.425. The third kappa shape index (κ3) is 3.82. The number of rotatable bonds is 3. The normalized spacial score (nSPS) is 14.0. The maximum Gasteiger partial charge on any atom is 0.101 e. The van der Waals surface area contributed by atoms with E-state index in [0.717, 1.165) is 6.32 Å². The van der Waals surface area contributed by atoms with Crippen molar-refractivity contribution in [2.45, 2.75) is 18.8 Å². The molecule has 0 spiro atoms. The van der Waals surface area contributed by atoms with Crippen molar-refractivity contribution in [2.75, 3.05) is 6.61 Å². The van der Waals surface area contributed by atoms with Gasteiger partial charge < -0.3 is 10.2 Å². The van der Waals surface area contributed by atoms with Gasteiger partial charge in [0.15, 0.2) is 0 Å². The van der Waals surface area contributed by atoms with E-state index in [1.54, 1.807) is 0 Å². The van der Waals surface area contributed by atoms with Gasteiger partial charge in [0.1, 0.15) is 7.85 Å². The Morgan fingerprint density at radius 2 is 2.14 bits per heavy atom. The Balaban J connectivity index is 2.83. The largest absolute Gasteiger partial charge is 0.394 e. The predicted octanol–water partition coefficient (Wildman–Crippen LogP) is -1.22. The summed E-state index contributed by atoms with van der Waals surface area (Å²) in [6.45, 7) is -0.103. The molecule has 1 atom stereocenters. The molecule has 0 amide bonds. The van der Waals surface area contributed by atoms with E-state index in [1.165, 1.54) is 0 Å². The predicted molar refractivity (Wildman–Crippen MR) is 31.1 cm³/mol. The molecule has 1 unspecified atom stereocenters. The summed E-state index contributed by atoms with van der Waals surface area (Å²) in [5, 5.41) is 16.8. The fraction of sp³-hybridized carbons (Fsp3) is 1.00. The van der Waals surface area contributed by atoms with Crippen LogP contribution in [-0.4, -0.2) is 30.8 Å². The highest BCUT2D eigenvalue weighted by Crippen LogP contribution is 1.91. The van der Waals surface area contributed by atoms with Crippen LogP contribution in [0.3, 0.4) is 0 Å². The fourth-order valence-electron chi connectivity index (χ4n) is 0.425. The molecule has 2 N–H and O–H groups in total. The van der Waals surface area contributed by atoms with Crippen LogP contribution in [-0.2, 0) is 0 Å². The molecule has 0 aromatic rings. The van der Waals surface area contributed by atoms with Crippen molar-refractivity contribution >= 4 is 7.85 Å². The van der Waals surface area contributed by atoms with Crippen LogP contribution < -0.4 is 0 Å². The molecule has 0 heterocycles. The summed E-state index contributed by atoms with van der Waals surface area (Å²) < 4.78 is 0. The van der Waals surface area contributed by atoms with Crippen LogP contribution in [0.15, 0.2) is 0 Å². The first-order valence-electron chi connectivity index (χ1n) is 2.60. The highest BCUT2D eigenvalue weighted by molar-refractivity contribution is 6.08. The number of hydrogen-bond donors (Lipinski definition) is 2. The van der Waals surface area contributed by atoms with E-state index in [2.05, 4.69) is 0 Å². The van der Waals surface area contributed by atoms with Crippen LogP contribution in [0.2, 0.25) is 6.32 Å². The van der Waals surface area contributed by atoms with E-state index >= 15 is 0 Å². The van der Waals surface area contributed by atoms with Crippen molar-refractivity contribution in [1.82, 2.24) is 0 Å². The zero-order valence-electron chi connectivity index (χ0n) is 4.59.